The molecule has 90 valence electrons. The third-order valence-corrected chi connectivity index (χ3v) is 3.88. The number of rotatable bonds is 4. The molecular weight excluding hydrogens is 252 g/mol. The van der Waals surface area contributed by atoms with Crippen LogP contribution in [-0.2, 0) is 6.42 Å². The van der Waals surface area contributed by atoms with Crippen LogP contribution >= 0.6 is 22.9 Å². The Balaban J connectivity index is 2.18. The molecule has 0 amide bonds. The van der Waals surface area contributed by atoms with Crippen LogP contribution in [0.1, 0.15) is 22.3 Å². The van der Waals surface area contributed by atoms with E-state index in [-0.39, 0.29) is 6.04 Å². The summed E-state index contributed by atoms with van der Waals surface area (Å²) in [7, 11) is 1.95. The Bertz CT molecular complexity index is 496. The fraction of sp³-hybridized carbons (Fsp3) is 0.308. The van der Waals surface area contributed by atoms with E-state index >= 15 is 0 Å². The number of nitrogens with one attached hydrogen (secondary N) is 1. The minimum absolute atomic E-state index is 0.222. The number of nitrogens with zero attached hydrogens (tertiary/aromatic N) is 1. The lowest BCUT2D eigenvalue weighted by Crippen LogP contribution is -2.19. The van der Waals surface area contributed by atoms with Gasteiger partial charge in [-0.15, -0.1) is 11.3 Å². The van der Waals surface area contributed by atoms with Crippen LogP contribution < -0.4 is 5.32 Å². The molecule has 1 heterocycles. The second-order valence-electron chi connectivity index (χ2n) is 3.93. The van der Waals surface area contributed by atoms with Crippen LogP contribution in [0.5, 0.6) is 0 Å². The number of aryl methyl sites for hydroxylation is 1. The number of hydrogen-bond donors (Lipinski definition) is 1. The van der Waals surface area contributed by atoms with Crippen molar-refractivity contribution in [1.82, 2.24) is 10.3 Å². The summed E-state index contributed by atoms with van der Waals surface area (Å²) in [6.07, 6.45) is 0.860. The maximum atomic E-state index is 6.17. The first-order valence-electron chi connectivity index (χ1n) is 5.53. The molecule has 0 bridgehead atoms. The quantitative estimate of drug-likeness (QED) is 0.915. The van der Waals surface area contributed by atoms with E-state index in [1.165, 1.54) is 0 Å². The second-order valence-corrected chi connectivity index (χ2v) is 5.40. The molecule has 0 aliphatic carbocycles. The van der Waals surface area contributed by atoms with Gasteiger partial charge in [0.15, 0.2) is 0 Å². The predicted molar refractivity (Wildman–Crippen MR) is 73.8 cm³/mol. The summed E-state index contributed by atoms with van der Waals surface area (Å²) < 4.78 is 0. The second kappa shape index (κ2) is 5.63. The number of benzene rings is 1. The molecule has 1 aromatic carbocycles. The van der Waals surface area contributed by atoms with Gasteiger partial charge in [0.1, 0.15) is 0 Å². The van der Waals surface area contributed by atoms with Crippen molar-refractivity contribution in [3.8, 4) is 0 Å². The molecule has 2 nitrogen and oxygen atoms in total. The normalized spacial score (nSPS) is 12.6. The zero-order chi connectivity index (χ0) is 12.3. The Morgan fingerprint density at radius 2 is 2.18 bits per heavy atom. The molecule has 0 aliphatic heterocycles. The van der Waals surface area contributed by atoms with E-state index in [1.807, 2.05) is 32.2 Å². The van der Waals surface area contributed by atoms with E-state index in [4.69, 9.17) is 11.6 Å². The van der Waals surface area contributed by atoms with Crippen molar-refractivity contribution in [3.05, 3.63) is 50.9 Å². The Morgan fingerprint density at radius 1 is 1.41 bits per heavy atom. The monoisotopic (exact) mass is 266 g/mol. The van der Waals surface area contributed by atoms with Crippen molar-refractivity contribution in [3.63, 3.8) is 0 Å². The van der Waals surface area contributed by atoms with E-state index in [9.17, 15) is 0 Å². The fourth-order valence-electron chi connectivity index (χ4n) is 1.78. The summed E-state index contributed by atoms with van der Waals surface area (Å²) in [4.78, 5) is 4.52. The van der Waals surface area contributed by atoms with Crippen molar-refractivity contribution in [2.75, 3.05) is 7.05 Å². The summed E-state index contributed by atoms with van der Waals surface area (Å²) in [6.45, 7) is 2.02. The van der Waals surface area contributed by atoms with Crippen molar-refractivity contribution >= 4 is 22.9 Å². The largest absolute Gasteiger partial charge is 0.311 e. The first-order chi connectivity index (χ1) is 8.20. The van der Waals surface area contributed by atoms with Crippen LogP contribution in [0.25, 0.3) is 0 Å². The van der Waals surface area contributed by atoms with Crippen LogP contribution in [0.15, 0.2) is 29.6 Å². The number of likely N-dealkylation sites (N-methyl/N-ethyl adjacent to an activating group) is 1. The van der Waals surface area contributed by atoms with E-state index in [2.05, 4.69) is 21.7 Å². The van der Waals surface area contributed by atoms with Crippen LogP contribution in [0.2, 0.25) is 5.02 Å². The van der Waals surface area contributed by atoms with Crippen molar-refractivity contribution in [2.24, 2.45) is 0 Å². The Morgan fingerprint density at radius 3 is 2.76 bits per heavy atom. The molecule has 4 heteroatoms. The molecule has 0 saturated carbocycles. The van der Waals surface area contributed by atoms with Crippen molar-refractivity contribution in [1.29, 1.82) is 0 Å². The zero-order valence-electron chi connectivity index (χ0n) is 9.90. The van der Waals surface area contributed by atoms with Gasteiger partial charge in [0.05, 0.1) is 16.7 Å². The average Bonchev–Trinajstić information content (AvgIpc) is 2.75. The van der Waals surface area contributed by atoms with Crippen LogP contribution in [0.4, 0.5) is 0 Å². The van der Waals surface area contributed by atoms with Gasteiger partial charge in [-0.3, -0.25) is 0 Å². The molecule has 1 N–H and O–H groups in total. The third kappa shape index (κ3) is 3.06. The number of aromatic nitrogens is 1. The SMILES string of the molecule is CNC(Cc1ccccc1Cl)c1csc(C)n1. The van der Waals surface area contributed by atoms with Gasteiger partial charge < -0.3 is 5.32 Å². The molecule has 1 aromatic heterocycles. The van der Waals surface area contributed by atoms with Crippen molar-refractivity contribution in [2.45, 2.75) is 19.4 Å². The summed E-state index contributed by atoms with van der Waals surface area (Å²) in [5.74, 6) is 0. The molecule has 2 aromatic rings. The highest BCUT2D eigenvalue weighted by atomic mass is 35.5. The molecule has 2 rings (SSSR count). The molecule has 0 saturated heterocycles. The van der Waals surface area contributed by atoms with Gasteiger partial charge in [0.25, 0.3) is 0 Å². The van der Waals surface area contributed by atoms with Gasteiger partial charge in [0, 0.05) is 10.4 Å². The maximum absolute atomic E-state index is 6.17. The van der Waals surface area contributed by atoms with Crippen LogP contribution in [0, 0.1) is 6.92 Å². The molecule has 17 heavy (non-hydrogen) atoms. The summed E-state index contributed by atoms with van der Waals surface area (Å²) >= 11 is 7.85. The highest BCUT2D eigenvalue weighted by molar-refractivity contribution is 7.09. The molecule has 0 spiro atoms. The predicted octanol–water partition coefficient (Wildman–Crippen LogP) is 3.61. The third-order valence-electron chi connectivity index (χ3n) is 2.72. The number of thiazole rings is 1. The topological polar surface area (TPSA) is 24.9 Å². The van der Waals surface area contributed by atoms with Gasteiger partial charge in [-0.25, -0.2) is 4.98 Å². The molecule has 0 fully saturated rings. The maximum Gasteiger partial charge on any atom is 0.0898 e. The Kier molecular flexibility index (Phi) is 4.15. The minimum atomic E-state index is 0.222. The van der Waals surface area contributed by atoms with Gasteiger partial charge in [-0.2, -0.15) is 0 Å². The minimum Gasteiger partial charge on any atom is -0.311 e. The number of halogens is 1. The van der Waals surface area contributed by atoms with E-state index in [0.717, 1.165) is 27.7 Å². The van der Waals surface area contributed by atoms with Gasteiger partial charge >= 0.3 is 0 Å². The molecule has 1 atom stereocenters. The summed E-state index contributed by atoms with van der Waals surface area (Å²) in [5, 5.41) is 7.31. The average molecular weight is 267 g/mol. The Hall–Kier alpha value is -0.900. The highest BCUT2D eigenvalue weighted by Crippen LogP contribution is 2.24. The van der Waals surface area contributed by atoms with Crippen LogP contribution in [-0.4, -0.2) is 12.0 Å². The van der Waals surface area contributed by atoms with Crippen molar-refractivity contribution < 1.29 is 0 Å². The lowest BCUT2D eigenvalue weighted by Gasteiger charge is -2.14. The molecule has 1 unspecified atom stereocenters. The van der Waals surface area contributed by atoms with E-state index in [1.54, 1.807) is 11.3 Å². The molecule has 0 aliphatic rings. The lowest BCUT2D eigenvalue weighted by atomic mass is 10.0. The van der Waals surface area contributed by atoms with Crippen LogP contribution in [0.3, 0.4) is 0 Å². The smallest absolute Gasteiger partial charge is 0.0898 e. The van der Waals surface area contributed by atoms with E-state index in [0.29, 0.717) is 0 Å². The van der Waals surface area contributed by atoms with Gasteiger partial charge in [-0.05, 0) is 32.0 Å². The lowest BCUT2D eigenvalue weighted by molar-refractivity contribution is 0.578. The summed E-state index contributed by atoms with van der Waals surface area (Å²) in [6, 6.07) is 8.18. The van der Waals surface area contributed by atoms with E-state index < -0.39 is 0 Å². The highest BCUT2D eigenvalue weighted by Gasteiger charge is 2.14. The standard InChI is InChI=1S/C13H15ClN2S/c1-9-16-13(8-17-9)12(15-2)7-10-5-3-4-6-11(10)14/h3-6,8,12,15H,7H2,1-2H3. The molecular formula is C13H15ClN2S. The summed E-state index contributed by atoms with van der Waals surface area (Å²) in [5.41, 5.74) is 2.24. The number of hydrogen-bond acceptors (Lipinski definition) is 3. The molecule has 0 radical (unpaired) electrons. The first-order valence-corrected chi connectivity index (χ1v) is 6.79. The van der Waals surface area contributed by atoms with Gasteiger partial charge in [-0.1, -0.05) is 29.8 Å². The fourth-order valence-corrected chi connectivity index (χ4v) is 2.66. The Labute approximate surface area is 111 Å². The zero-order valence-corrected chi connectivity index (χ0v) is 11.5. The first kappa shape index (κ1) is 12.6. The van der Waals surface area contributed by atoms with Gasteiger partial charge in [0.2, 0.25) is 0 Å².